The van der Waals surface area contributed by atoms with Crippen molar-refractivity contribution in [3.8, 4) is 5.88 Å². The van der Waals surface area contributed by atoms with E-state index >= 15 is 0 Å². The lowest BCUT2D eigenvalue weighted by atomic mass is 10.4. The predicted molar refractivity (Wildman–Crippen MR) is 48.4 cm³/mol. The molecule has 0 aliphatic heterocycles. The first-order valence-electron chi connectivity index (χ1n) is 2.82. The van der Waals surface area contributed by atoms with Crippen molar-refractivity contribution in [2.75, 3.05) is 7.11 Å². The Balaban J connectivity index is 3.39. The van der Waals surface area contributed by atoms with Crippen molar-refractivity contribution in [1.82, 2.24) is 4.98 Å². The summed E-state index contributed by atoms with van der Waals surface area (Å²) in [5.41, 5.74) is 0. The van der Waals surface area contributed by atoms with Crippen LogP contribution in [0.4, 0.5) is 8.78 Å². The van der Waals surface area contributed by atoms with Crippen molar-refractivity contribution >= 4 is 34.2 Å². The number of nitrogens with zero attached hydrogens (tertiary/aromatic N) is 1. The SMILES string of the molecule is COc1nc(F)c(Cl)c(I)c1F. The molecule has 0 spiro atoms. The van der Waals surface area contributed by atoms with Crippen LogP contribution < -0.4 is 4.74 Å². The lowest BCUT2D eigenvalue weighted by Gasteiger charge is -2.03. The van der Waals surface area contributed by atoms with Crippen LogP contribution in [-0.2, 0) is 0 Å². The zero-order valence-electron chi connectivity index (χ0n) is 5.87. The van der Waals surface area contributed by atoms with Crippen LogP contribution in [0.25, 0.3) is 0 Å². The largest absolute Gasteiger partial charge is 0.479 e. The molecular formula is C6H3ClF2INO. The van der Waals surface area contributed by atoms with E-state index < -0.39 is 11.8 Å². The fourth-order valence-corrected chi connectivity index (χ4v) is 1.18. The number of aromatic nitrogens is 1. The number of halogens is 4. The topological polar surface area (TPSA) is 22.1 Å². The van der Waals surface area contributed by atoms with Crippen molar-refractivity contribution in [2.45, 2.75) is 0 Å². The molecule has 0 radical (unpaired) electrons. The van der Waals surface area contributed by atoms with Gasteiger partial charge in [-0.25, -0.2) is 0 Å². The first-order chi connectivity index (χ1) is 5.57. The smallest absolute Gasteiger partial charge is 0.254 e. The second-order valence-electron chi connectivity index (χ2n) is 1.85. The summed E-state index contributed by atoms with van der Waals surface area (Å²) < 4.78 is 30.2. The van der Waals surface area contributed by atoms with Crippen LogP contribution in [0.1, 0.15) is 0 Å². The van der Waals surface area contributed by atoms with Gasteiger partial charge < -0.3 is 4.74 Å². The maximum atomic E-state index is 13.0. The van der Waals surface area contributed by atoms with E-state index in [1.54, 1.807) is 22.6 Å². The first-order valence-corrected chi connectivity index (χ1v) is 4.27. The molecule has 0 bridgehead atoms. The molecule has 12 heavy (non-hydrogen) atoms. The summed E-state index contributed by atoms with van der Waals surface area (Å²) in [5, 5.41) is -0.325. The van der Waals surface area contributed by atoms with Crippen molar-refractivity contribution in [3.05, 3.63) is 20.4 Å². The Bertz CT molecular complexity index is 321. The average molecular weight is 305 g/mol. The van der Waals surface area contributed by atoms with Gasteiger partial charge in [-0.3, -0.25) is 0 Å². The van der Waals surface area contributed by atoms with Crippen molar-refractivity contribution in [2.24, 2.45) is 0 Å². The third-order valence-corrected chi connectivity index (χ3v) is 2.82. The van der Waals surface area contributed by atoms with Crippen LogP contribution in [0.2, 0.25) is 5.02 Å². The number of hydrogen-bond acceptors (Lipinski definition) is 2. The monoisotopic (exact) mass is 305 g/mol. The minimum Gasteiger partial charge on any atom is -0.479 e. The molecular weight excluding hydrogens is 302 g/mol. The Morgan fingerprint density at radius 2 is 2.08 bits per heavy atom. The molecule has 0 atom stereocenters. The van der Waals surface area contributed by atoms with Crippen LogP contribution in [0.15, 0.2) is 0 Å². The average Bonchev–Trinajstić information content (AvgIpc) is 2.08. The minimum absolute atomic E-state index is 0.0291. The number of pyridine rings is 1. The normalized spacial score (nSPS) is 10.1. The molecule has 0 saturated heterocycles. The standard InChI is InChI=1S/C6H3ClF2INO/c1-12-6-3(8)4(10)2(7)5(9)11-6/h1H3. The molecule has 66 valence electrons. The number of hydrogen-bond donors (Lipinski definition) is 0. The Hall–Kier alpha value is -0.170. The maximum absolute atomic E-state index is 13.0. The van der Waals surface area contributed by atoms with Crippen LogP contribution in [0.3, 0.4) is 0 Å². The predicted octanol–water partition coefficient (Wildman–Crippen LogP) is 2.63. The highest BCUT2D eigenvalue weighted by atomic mass is 127. The fourth-order valence-electron chi connectivity index (χ4n) is 0.603. The van der Waals surface area contributed by atoms with Gasteiger partial charge in [0.1, 0.15) is 5.02 Å². The molecule has 0 N–H and O–H groups in total. The summed E-state index contributed by atoms with van der Waals surface area (Å²) in [4.78, 5) is 3.15. The molecule has 2 nitrogen and oxygen atoms in total. The molecule has 1 aromatic heterocycles. The highest BCUT2D eigenvalue weighted by Gasteiger charge is 2.16. The van der Waals surface area contributed by atoms with E-state index in [-0.39, 0.29) is 14.5 Å². The number of ether oxygens (including phenoxy) is 1. The van der Waals surface area contributed by atoms with E-state index in [1.165, 1.54) is 7.11 Å². The van der Waals surface area contributed by atoms with Gasteiger partial charge in [-0.15, -0.1) is 0 Å². The minimum atomic E-state index is -0.931. The molecule has 0 unspecified atom stereocenters. The molecule has 0 saturated carbocycles. The van der Waals surface area contributed by atoms with E-state index in [0.29, 0.717) is 0 Å². The summed E-state index contributed by atoms with van der Waals surface area (Å²) in [5.74, 6) is -2.06. The second kappa shape index (κ2) is 3.69. The Morgan fingerprint density at radius 3 is 2.58 bits per heavy atom. The van der Waals surface area contributed by atoms with Crippen molar-refractivity contribution in [3.63, 3.8) is 0 Å². The summed E-state index contributed by atoms with van der Waals surface area (Å²) in [6.45, 7) is 0. The van der Waals surface area contributed by atoms with Gasteiger partial charge in [0.15, 0.2) is 5.82 Å². The number of methoxy groups -OCH3 is 1. The van der Waals surface area contributed by atoms with E-state index in [1.807, 2.05) is 0 Å². The first kappa shape index (κ1) is 9.91. The summed E-state index contributed by atoms with van der Waals surface area (Å²) in [7, 11) is 1.20. The number of rotatable bonds is 1. The molecule has 1 aromatic rings. The zero-order valence-corrected chi connectivity index (χ0v) is 8.78. The van der Waals surface area contributed by atoms with Crippen LogP contribution in [0.5, 0.6) is 5.88 Å². The quantitative estimate of drug-likeness (QED) is 0.588. The molecule has 0 aliphatic rings. The lowest BCUT2D eigenvalue weighted by molar-refractivity contribution is 0.357. The Kier molecular flexibility index (Phi) is 3.05. The summed E-state index contributed by atoms with van der Waals surface area (Å²) in [6, 6.07) is 0. The molecule has 0 aromatic carbocycles. The van der Waals surface area contributed by atoms with Gasteiger partial charge in [-0.2, -0.15) is 13.8 Å². The van der Waals surface area contributed by atoms with Gasteiger partial charge in [0, 0.05) is 0 Å². The van der Waals surface area contributed by atoms with E-state index in [4.69, 9.17) is 11.6 Å². The summed E-state index contributed by atoms with van der Waals surface area (Å²) >= 11 is 6.95. The molecule has 1 rings (SSSR count). The van der Waals surface area contributed by atoms with Crippen molar-refractivity contribution in [1.29, 1.82) is 0 Å². The third-order valence-electron chi connectivity index (χ3n) is 1.15. The maximum Gasteiger partial charge on any atom is 0.254 e. The lowest BCUT2D eigenvalue weighted by Crippen LogP contribution is -1.99. The highest BCUT2D eigenvalue weighted by molar-refractivity contribution is 14.1. The molecule has 0 aliphatic carbocycles. The van der Waals surface area contributed by atoms with Crippen LogP contribution in [0, 0.1) is 15.3 Å². The molecule has 1 heterocycles. The van der Waals surface area contributed by atoms with Gasteiger partial charge in [-0.1, -0.05) is 11.6 Å². The summed E-state index contributed by atoms with van der Waals surface area (Å²) in [6.07, 6.45) is 0. The van der Waals surface area contributed by atoms with Gasteiger partial charge in [0.05, 0.1) is 10.7 Å². The van der Waals surface area contributed by atoms with Crippen LogP contribution in [-0.4, -0.2) is 12.1 Å². The fraction of sp³-hybridized carbons (Fsp3) is 0.167. The van der Waals surface area contributed by atoms with E-state index in [2.05, 4.69) is 9.72 Å². The van der Waals surface area contributed by atoms with Gasteiger partial charge in [-0.05, 0) is 22.6 Å². The third kappa shape index (κ3) is 1.61. The zero-order chi connectivity index (χ0) is 9.30. The van der Waals surface area contributed by atoms with E-state index in [0.717, 1.165) is 0 Å². The Labute approximate surface area is 86.0 Å². The molecule has 0 fully saturated rings. The Morgan fingerprint density at radius 1 is 1.50 bits per heavy atom. The molecule has 6 heteroatoms. The van der Waals surface area contributed by atoms with Gasteiger partial charge in [0.2, 0.25) is 5.95 Å². The van der Waals surface area contributed by atoms with E-state index in [9.17, 15) is 8.78 Å². The van der Waals surface area contributed by atoms with Gasteiger partial charge in [0.25, 0.3) is 5.88 Å². The van der Waals surface area contributed by atoms with Gasteiger partial charge >= 0.3 is 0 Å². The highest BCUT2D eigenvalue weighted by Crippen LogP contribution is 2.28. The van der Waals surface area contributed by atoms with Crippen molar-refractivity contribution < 1.29 is 13.5 Å². The second-order valence-corrected chi connectivity index (χ2v) is 3.31. The van der Waals surface area contributed by atoms with Crippen LogP contribution >= 0.6 is 34.2 Å². The molecule has 0 amide bonds.